The molecule has 4 heteroatoms. The van der Waals surface area contributed by atoms with Gasteiger partial charge in [0.15, 0.2) is 0 Å². The molecule has 0 radical (unpaired) electrons. The Labute approximate surface area is 113 Å². The normalized spacial score (nSPS) is 23.2. The Morgan fingerprint density at radius 3 is 3.11 bits per heavy atom. The zero-order chi connectivity index (χ0) is 13.1. The number of nitrogens with one attached hydrogen (secondary N) is 2. The van der Waals surface area contributed by atoms with Gasteiger partial charge in [-0.3, -0.25) is 0 Å². The second-order valence-corrected chi connectivity index (χ2v) is 5.15. The fraction of sp³-hybridized carbons (Fsp3) is 0.467. The van der Waals surface area contributed by atoms with Gasteiger partial charge in [0.25, 0.3) is 0 Å². The third-order valence-corrected chi connectivity index (χ3v) is 3.94. The van der Waals surface area contributed by atoms with Crippen LogP contribution < -0.4 is 5.32 Å². The van der Waals surface area contributed by atoms with Gasteiger partial charge >= 0.3 is 0 Å². The number of para-hydroxylation sites is 1. The number of aromatic amines is 1. The highest BCUT2D eigenvalue weighted by Crippen LogP contribution is 2.22. The van der Waals surface area contributed by atoms with Gasteiger partial charge in [0, 0.05) is 50.3 Å². The number of rotatable bonds is 5. The van der Waals surface area contributed by atoms with E-state index in [4.69, 9.17) is 9.47 Å². The first-order valence-corrected chi connectivity index (χ1v) is 6.72. The second kappa shape index (κ2) is 5.33. The number of hydrogen-bond donors (Lipinski definition) is 2. The Kier molecular flexibility index (Phi) is 3.55. The molecule has 0 spiro atoms. The minimum Gasteiger partial charge on any atom is -0.378 e. The molecular formula is C15H20N2O2. The maximum atomic E-state index is 5.61. The van der Waals surface area contributed by atoms with Gasteiger partial charge < -0.3 is 19.8 Å². The van der Waals surface area contributed by atoms with Crippen molar-refractivity contribution in [1.29, 1.82) is 0 Å². The monoisotopic (exact) mass is 260 g/mol. The van der Waals surface area contributed by atoms with E-state index in [2.05, 4.69) is 34.7 Å². The lowest BCUT2D eigenvalue weighted by Crippen LogP contribution is -2.42. The topological polar surface area (TPSA) is 46.3 Å². The van der Waals surface area contributed by atoms with Crippen molar-refractivity contribution in [3.63, 3.8) is 0 Å². The van der Waals surface area contributed by atoms with Crippen molar-refractivity contribution in [2.24, 2.45) is 0 Å². The maximum absolute atomic E-state index is 5.61. The maximum Gasteiger partial charge on any atom is 0.106 e. The van der Waals surface area contributed by atoms with Crippen LogP contribution in [0.2, 0.25) is 0 Å². The molecule has 2 aromatic rings. The summed E-state index contributed by atoms with van der Waals surface area (Å²) in [6, 6.07) is 8.36. The Balaban J connectivity index is 1.63. The number of hydrogen-bond acceptors (Lipinski definition) is 3. The molecule has 0 amide bonds. The standard InChI is InChI=1S/C15H20N2O2/c1-18-15(6-7-19-11-15)10-16-8-12-9-17-14-5-3-2-4-13(12)14/h2-5,9,16-17H,6-8,10-11H2,1H3. The van der Waals surface area contributed by atoms with Crippen molar-refractivity contribution < 1.29 is 9.47 Å². The fourth-order valence-corrected chi connectivity index (χ4v) is 2.66. The molecular weight excluding hydrogens is 240 g/mol. The average Bonchev–Trinajstić information content (AvgIpc) is 3.07. The quantitative estimate of drug-likeness (QED) is 0.865. The summed E-state index contributed by atoms with van der Waals surface area (Å²) < 4.78 is 11.0. The first-order chi connectivity index (χ1) is 9.33. The summed E-state index contributed by atoms with van der Waals surface area (Å²) in [6.07, 6.45) is 3.03. The van der Waals surface area contributed by atoms with Gasteiger partial charge in [0.2, 0.25) is 0 Å². The van der Waals surface area contributed by atoms with Crippen LogP contribution in [0.25, 0.3) is 10.9 Å². The summed E-state index contributed by atoms with van der Waals surface area (Å²) in [5, 5.41) is 4.77. The van der Waals surface area contributed by atoms with Crippen LogP contribution in [0.4, 0.5) is 0 Å². The molecule has 1 aromatic carbocycles. The lowest BCUT2D eigenvalue weighted by Gasteiger charge is -2.25. The molecule has 102 valence electrons. The van der Waals surface area contributed by atoms with E-state index in [-0.39, 0.29) is 5.60 Å². The van der Waals surface area contributed by atoms with Gasteiger partial charge in [-0.05, 0) is 11.6 Å². The van der Waals surface area contributed by atoms with Gasteiger partial charge in [-0.25, -0.2) is 0 Å². The summed E-state index contributed by atoms with van der Waals surface area (Å²) in [5.41, 5.74) is 2.33. The zero-order valence-corrected chi connectivity index (χ0v) is 11.2. The molecule has 3 rings (SSSR count). The number of H-pyrrole nitrogens is 1. The minimum absolute atomic E-state index is 0.147. The van der Waals surface area contributed by atoms with Crippen molar-refractivity contribution in [2.45, 2.75) is 18.6 Å². The largest absolute Gasteiger partial charge is 0.378 e. The van der Waals surface area contributed by atoms with Crippen LogP contribution in [0.1, 0.15) is 12.0 Å². The summed E-state index contributed by atoms with van der Waals surface area (Å²) in [4.78, 5) is 3.29. The number of aromatic nitrogens is 1. The van der Waals surface area contributed by atoms with Crippen molar-refractivity contribution in [3.05, 3.63) is 36.0 Å². The third kappa shape index (κ3) is 2.52. The van der Waals surface area contributed by atoms with E-state index in [9.17, 15) is 0 Å². The summed E-state index contributed by atoms with van der Waals surface area (Å²) in [7, 11) is 1.77. The van der Waals surface area contributed by atoms with Crippen LogP contribution in [0, 0.1) is 0 Å². The molecule has 19 heavy (non-hydrogen) atoms. The molecule has 0 saturated carbocycles. The van der Waals surface area contributed by atoms with Crippen LogP contribution >= 0.6 is 0 Å². The van der Waals surface area contributed by atoms with Crippen molar-refractivity contribution in [1.82, 2.24) is 10.3 Å². The third-order valence-electron chi connectivity index (χ3n) is 3.94. The predicted octanol–water partition coefficient (Wildman–Crippen LogP) is 2.06. The first-order valence-electron chi connectivity index (χ1n) is 6.72. The molecule has 1 unspecified atom stereocenters. The highest BCUT2D eigenvalue weighted by Gasteiger charge is 2.34. The summed E-state index contributed by atoms with van der Waals surface area (Å²) in [6.45, 7) is 3.14. The number of fused-ring (bicyclic) bond motifs is 1. The van der Waals surface area contributed by atoms with Gasteiger partial charge in [-0.2, -0.15) is 0 Å². The molecule has 1 aliphatic rings. The van der Waals surface area contributed by atoms with Gasteiger partial charge in [-0.1, -0.05) is 18.2 Å². The molecule has 1 aliphatic heterocycles. The Morgan fingerprint density at radius 1 is 1.42 bits per heavy atom. The smallest absolute Gasteiger partial charge is 0.106 e. The van der Waals surface area contributed by atoms with Gasteiger partial charge in [-0.15, -0.1) is 0 Å². The zero-order valence-electron chi connectivity index (χ0n) is 11.2. The molecule has 2 N–H and O–H groups in total. The average molecular weight is 260 g/mol. The van der Waals surface area contributed by atoms with Crippen LogP contribution in [-0.2, 0) is 16.0 Å². The molecule has 0 bridgehead atoms. The van der Waals surface area contributed by atoms with Crippen LogP contribution in [0.3, 0.4) is 0 Å². The lowest BCUT2D eigenvalue weighted by atomic mass is 10.0. The molecule has 1 saturated heterocycles. The van der Waals surface area contributed by atoms with E-state index >= 15 is 0 Å². The van der Waals surface area contributed by atoms with Crippen LogP contribution in [-0.4, -0.2) is 37.5 Å². The molecule has 2 heterocycles. The summed E-state index contributed by atoms with van der Waals surface area (Å²) in [5.74, 6) is 0. The SMILES string of the molecule is COC1(CNCc2c[nH]c3ccccc23)CCOC1. The second-order valence-electron chi connectivity index (χ2n) is 5.15. The van der Waals surface area contributed by atoms with Crippen LogP contribution in [0.15, 0.2) is 30.5 Å². The molecule has 4 nitrogen and oxygen atoms in total. The molecule has 1 atom stereocenters. The Hall–Kier alpha value is -1.36. The molecule has 0 aliphatic carbocycles. The van der Waals surface area contributed by atoms with Crippen molar-refractivity contribution >= 4 is 10.9 Å². The van der Waals surface area contributed by atoms with E-state index in [1.807, 2.05) is 6.07 Å². The lowest BCUT2D eigenvalue weighted by molar-refractivity contribution is -0.0159. The van der Waals surface area contributed by atoms with E-state index in [1.54, 1.807) is 7.11 Å². The Morgan fingerprint density at radius 2 is 2.32 bits per heavy atom. The van der Waals surface area contributed by atoms with Crippen LogP contribution in [0.5, 0.6) is 0 Å². The summed E-state index contributed by atoms with van der Waals surface area (Å²) >= 11 is 0. The fourth-order valence-electron chi connectivity index (χ4n) is 2.66. The van der Waals surface area contributed by atoms with Crippen molar-refractivity contribution in [2.75, 3.05) is 26.9 Å². The number of ether oxygens (including phenoxy) is 2. The number of methoxy groups -OCH3 is 1. The van der Waals surface area contributed by atoms with E-state index in [0.29, 0.717) is 6.61 Å². The van der Waals surface area contributed by atoms with E-state index in [0.717, 1.165) is 26.1 Å². The highest BCUT2D eigenvalue weighted by molar-refractivity contribution is 5.82. The first kappa shape index (κ1) is 12.7. The van der Waals surface area contributed by atoms with Gasteiger partial charge in [0.05, 0.1) is 6.61 Å². The minimum atomic E-state index is -0.147. The van der Waals surface area contributed by atoms with E-state index in [1.165, 1.54) is 16.5 Å². The molecule has 1 aromatic heterocycles. The highest BCUT2D eigenvalue weighted by atomic mass is 16.5. The predicted molar refractivity (Wildman–Crippen MR) is 75.2 cm³/mol. The van der Waals surface area contributed by atoms with Crippen molar-refractivity contribution in [3.8, 4) is 0 Å². The number of benzene rings is 1. The van der Waals surface area contributed by atoms with Gasteiger partial charge in [0.1, 0.15) is 5.60 Å². The Bertz CT molecular complexity index is 544. The molecule has 1 fully saturated rings. The van der Waals surface area contributed by atoms with E-state index < -0.39 is 0 Å².